The van der Waals surface area contributed by atoms with E-state index in [0.717, 1.165) is 34.8 Å². The third-order valence-corrected chi connectivity index (χ3v) is 8.12. The van der Waals surface area contributed by atoms with E-state index in [9.17, 15) is 22.0 Å². The zero-order valence-corrected chi connectivity index (χ0v) is 18.3. The Morgan fingerprint density at radius 2 is 1.68 bits per heavy atom. The molecule has 1 aliphatic carbocycles. The molecular formula is C22H23ClF2N2O3S. The van der Waals surface area contributed by atoms with Crippen molar-refractivity contribution < 1.29 is 22.0 Å². The van der Waals surface area contributed by atoms with Gasteiger partial charge in [0.25, 0.3) is 0 Å². The highest BCUT2D eigenvalue weighted by atomic mass is 35.5. The van der Waals surface area contributed by atoms with E-state index < -0.39 is 26.6 Å². The average Bonchev–Trinajstić information content (AvgIpc) is 3.59. The Labute approximate surface area is 185 Å². The van der Waals surface area contributed by atoms with Crippen LogP contribution in [0, 0.1) is 23.5 Å². The van der Waals surface area contributed by atoms with E-state index in [2.05, 4.69) is 5.32 Å². The molecule has 1 saturated heterocycles. The van der Waals surface area contributed by atoms with Crippen molar-refractivity contribution >= 4 is 27.5 Å². The van der Waals surface area contributed by atoms with Crippen molar-refractivity contribution in [3.8, 4) is 0 Å². The minimum atomic E-state index is -4.16. The van der Waals surface area contributed by atoms with Crippen LogP contribution in [0.15, 0.2) is 47.4 Å². The maximum absolute atomic E-state index is 14.0. The molecule has 9 heteroatoms. The van der Waals surface area contributed by atoms with Gasteiger partial charge in [0.05, 0.1) is 6.04 Å². The molecule has 1 N–H and O–H groups in total. The number of rotatable bonds is 6. The van der Waals surface area contributed by atoms with E-state index >= 15 is 0 Å². The van der Waals surface area contributed by atoms with Crippen LogP contribution in [-0.2, 0) is 14.8 Å². The van der Waals surface area contributed by atoms with Crippen molar-refractivity contribution in [1.82, 2.24) is 9.62 Å². The van der Waals surface area contributed by atoms with Gasteiger partial charge < -0.3 is 5.32 Å². The predicted molar refractivity (Wildman–Crippen MR) is 113 cm³/mol. The molecule has 5 nitrogen and oxygen atoms in total. The molecule has 0 unspecified atom stereocenters. The standard InChI is InChI=1S/C22H23ClF2N2O3S/c23-17-5-3-15(4-6-17)21(14-1-2-14)26-22(28)16-9-11-27(12-10-16)31(29,30)20-13-18(24)7-8-19(20)25/h3-8,13-14,16,21H,1-2,9-12H2,(H,26,28)/t21-/m1/s1. The fourth-order valence-corrected chi connectivity index (χ4v) is 5.69. The Bertz CT molecular complexity index is 1070. The van der Waals surface area contributed by atoms with Crippen molar-refractivity contribution in [2.75, 3.05) is 13.1 Å². The minimum absolute atomic E-state index is 0.0748. The summed E-state index contributed by atoms with van der Waals surface area (Å²) >= 11 is 5.97. The number of hydrogen-bond donors (Lipinski definition) is 1. The van der Waals surface area contributed by atoms with Crippen LogP contribution in [0.1, 0.15) is 37.3 Å². The smallest absolute Gasteiger partial charge is 0.246 e. The Balaban J connectivity index is 1.40. The molecule has 4 rings (SSSR count). The summed E-state index contributed by atoms with van der Waals surface area (Å²) in [7, 11) is -4.16. The molecule has 2 fully saturated rings. The summed E-state index contributed by atoms with van der Waals surface area (Å²) in [5, 5.41) is 3.76. The second kappa shape index (κ2) is 8.84. The van der Waals surface area contributed by atoms with Crippen LogP contribution in [0.3, 0.4) is 0 Å². The number of sulfonamides is 1. The highest BCUT2D eigenvalue weighted by Gasteiger charge is 2.37. The first-order valence-electron chi connectivity index (χ1n) is 10.3. The summed E-state index contributed by atoms with van der Waals surface area (Å²) in [4.78, 5) is 12.2. The Kier molecular flexibility index (Phi) is 6.32. The molecule has 1 heterocycles. The zero-order chi connectivity index (χ0) is 22.2. The number of carbonyl (C=O) groups is 1. The van der Waals surface area contributed by atoms with Crippen LogP contribution in [0.25, 0.3) is 0 Å². The molecule has 0 radical (unpaired) electrons. The lowest BCUT2D eigenvalue weighted by Crippen LogP contribution is -2.44. The van der Waals surface area contributed by atoms with Gasteiger partial charge in [-0.3, -0.25) is 4.79 Å². The predicted octanol–water partition coefficient (Wildman–Crippen LogP) is 4.29. The van der Waals surface area contributed by atoms with Gasteiger partial charge in [-0.2, -0.15) is 4.31 Å². The SMILES string of the molecule is O=C(N[C@@H](c1ccc(Cl)cc1)C1CC1)C1CCN(S(=O)(=O)c2cc(F)ccc2F)CC1. The third kappa shape index (κ3) is 4.91. The number of nitrogens with one attached hydrogen (secondary N) is 1. The van der Waals surface area contributed by atoms with Crippen LogP contribution < -0.4 is 5.32 Å². The lowest BCUT2D eigenvalue weighted by molar-refractivity contribution is -0.127. The van der Waals surface area contributed by atoms with Crippen molar-refractivity contribution in [3.05, 3.63) is 64.7 Å². The number of benzene rings is 2. The number of halogens is 3. The number of amides is 1. The first-order valence-corrected chi connectivity index (χ1v) is 12.1. The van der Waals surface area contributed by atoms with E-state index in [1.54, 1.807) is 12.1 Å². The fourth-order valence-electron chi connectivity index (χ4n) is 4.02. The summed E-state index contributed by atoms with van der Waals surface area (Å²) < 4.78 is 54.0. The number of hydrogen-bond acceptors (Lipinski definition) is 3. The van der Waals surface area contributed by atoms with Gasteiger partial charge in [0.15, 0.2) is 0 Å². The normalized spacial score (nSPS) is 19.2. The number of nitrogens with zero attached hydrogens (tertiary/aromatic N) is 1. The molecule has 166 valence electrons. The van der Waals surface area contributed by atoms with Crippen LogP contribution in [0.4, 0.5) is 8.78 Å². The van der Waals surface area contributed by atoms with Gasteiger partial charge in [-0.15, -0.1) is 0 Å². The van der Waals surface area contributed by atoms with Crippen molar-refractivity contribution in [2.45, 2.75) is 36.6 Å². The number of carbonyl (C=O) groups excluding carboxylic acids is 1. The fraction of sp³-hybridized carbons (Fsp3) is 0.409. The van der Waals surface area contributed by atoms with Crippen LogP contribution in [-0.4, -0.2) is 31.7 Å². The molecule has 2 aliphatic rings. The number of piperidine rings is 1. The van der Waals surface area contributed by atoms with E-state index in [1.807, 2.05) is 12.1 Å². The maximum atomic E-state index is 14.0. The highest BCUT2D eigenvalue weighted by Crippen LogP contribution is 2.41. The first-order chi connectivity index (χ1) is 14.8. The molecule has 1 amide bonds. The lowest BCUT2D eigenvalue weighted by Gasteiger charge is -2.31. The minimum Gasteiger partial charge on any atom is -0.349 e. The Morgan fingerprint density at radius 3 is 2.29 bits per heavy atom. The molecule has 1 atom stereocenters. The topological polar surface area (TPSA) is 66.5 Å². The highest BCUT2D eigenvalue weighted by molar-refractivity contribution is 7.89. The maximum Gasteiger partial charge on any atom is 0.246 e. The summed E-state index contributed by atoms with van der Waals surface area (Å²) in [6, 6.07) is 9.70. The molecule has 2 aromatic rings. The van der Waals surface area contributed by atoms with E-state index in [-0.39, 0.29) is 31.0 Å². The Hall–Kier alpha value is -2.03. The van der Waals surface area contributed by atoms with Gasteiger partial charge in [-0.1, -0.05) is 23.7 Å². The van der Waals surface area contributed by atoms with Crippen LogP contribution in [0.5, 0.6) is 0 Å². The molecule has 2 aromatic carbocycles. The van der Waals surface area contributed by atoms with E-state index in [1.165, 1.54) is 0 Å². The van der Waals surface area contributed by atoms with Crippen molar-refractivity contribution in [1.29, 1.82) is 0 Å². The summed E-state index contributed by atoms with van der Waals surface area (Å²) in [5.74, 6) is -1.86. The molecule has 0 spiro atoms. The van der Waals surface area contributed by atoms with Crippen molar-refractivity contribution in [2.24, 2.45) is 11.8 Å². The van der Waals surface area contributed by atoms with Gasteiger partial charge in [0, 0.05) is 24.0 Å². The quantitative estimate of drug-likeness (QED) is 0.687. The van der Waals surface area contributed by atoms with E-state index in [0.29, 0.717) is 29.8 Å². The summed E-state index contributed by atoms with van der Waals surface area (Å²) in [6.45, 7) is 0.150. The van der Waals surface area contributed by atoms with Gasteiger partial charge in [0.2, 0.25) is 15.9 Å². The van der Waals surface area contributed by atoms with Crippen LogP contribution in [0.2, 0.25) is 5.02 Å². The summed E-state index contributed by atoms with van der Waals surface area (Å²) in [6.07, 6.45) is 2.73. The van der Waals surface area contributed by atoms with Crippen LogP contribution >= 0.6 is 11.6 Å². The lowest BCUT2D eigenvalue weighted by atomic mass is 9.95. The molecule has 0 aromatic heterocycles. The van der Waals surface area contributed by atoms with E-state index in [4.69, 9.17) is 11.6 Å². The second-order valence-corrected chi connectivity index (χ2v) is 10.5. The zero-order valence-electron chi connectivity index (χ0n) is 16.7. The third-order valence-electron chi connectivity index (χ3n) is 5.96. The van der Waals surface area contributed by atoms with Gasteiger partial charge in [0.1, 0.15) is 16.5 Å². The molecular weight excluding hydrogens is 446 g/mol. The van der Waals surface area contributed by atoms with Gasteiger partial charge in [-0.05, 0) is 67.5 Å². The first kappa shape index (κ1) is 22.2. The largest absolute Gasteiger partial charge is 0.349 e. The molecule has 1 saturated carbocycles. The molecule has 31 heavy (non-hydrogen) atoms. The average molecular weight is 469 g/mol. The molecule has 0 bridgehead atoms. The van der Waals surface area contributed by atoms with Gasteiger partial charge in [-0.25, -0.2) is 17.2 Å². The molecule has 1 aliphatic heterocycles. The monoisotopic (exact) mass is 468 g/mol. The van der Waals surface area contributed by atoms with Gasteiger partial charge >= 0.3 is 0 Å². The Morgan fingerprint density at radius 1 is 1.03 bits per heavy atom. The summed E-state index contributed by atoms with van der Waals surface area (Å²) in [5.41, 5.74) is 1.00. The second-order valence-electron chi connectivity index (χ2n) is 8.13. The van der Waals surface area contributed by atoms with Crippen molar-refractivity contribution in [3.63, 3.8) is 0 Å².